The highest BCUT2D eigenvalue weighted by molar-refractivity contribution is 5.54. The van der Waals surface area contributed by atoms with Gasteiger partial charge < -0.3 is 10.6 Å². The van der Waals surface area contributed by atoms with Gasteiger partial charge in [-0.3, -0.25) is 10.1 Å². The Balaban J connectivity index is 2.24. The molecule has 0 saturated heterocycles. The third-order valence-electron chi connectivity index (χ3n) is 2.68. The van der Waals surface area contributed by atoms with Crippen molar-refractivity contribution in [2.24, 2.45) is 0 Å². The van der Waals surface area contributed by atoms with Crippen LogP contribution in [-0.2, 0) is 6.54 Å². The molecule has 6 heteroatoms. The first-order valence-electron chi connectivity index (χ1n) is 5.73. The van der Waals surface area contributed by atoms with Gasteiger partial charge in [-0.2, -0.15) is 0 Å². The minimum Gasteiger partial charge on any atom is -0.383 e. The van der Waals surface area contributed by atoms with Gasteiger partial charge in [0.2, 0.25) is 0 Å². The van der Waals surface area contributed by atoms with Crippen LogP contribution in [0.1, 0.15) is 5.56 Å². The number of nitrogens with two attached hydrogens (primary N) is 1. The Hall–Kier alpha value is -2.63. The summed E-state index contributed by atoms with van der Waals surface area (Å²) in [6.07, 6.45) is 0. The molecule has 0 saturated carbocycles. The summed E-state index contributed by atoms with van der Waals surface area (Å²) in [6, 6.07) is 12.5. The minimum absolute atomic E-state index is 0.0533. The molecule has 19 heavy (non-hydrogen) atoms. The summed E-state index contributed by atoms with van der Waals surface area (Å²) in [5.41, 5.74) is 6.63. The topological polar surface area (TPSA) is 85.3 Å². The van der Waals surface area contributed by atoms with Crippen molar-refractivity contribution in [1.29, 1.82) is 0 Å². The fourth-order valence-corrected chi connectivity index (χ4v) is 1.76. The van der Waals surface area contributed by atoms with Crippen molar-refractivity contribution in [2.75, 3.05) is 17.7 Å². The molecule has 6 nitrogen and oxygen atoms in total. The number of hydrogen-bond acceptors (Lipinski definition) is 5. The number of hydrogen-bond donors (Lipinski definition) is 1. The standard InChI is InChI=1S/C13H14N4O2/c1-16(9-10-5-3-2-4-6-10)13-8-11(17(18)19)7-12(14)15-13/h2-8H,9H2,1H3,(H2,14,15). The number of nitrogen functional groups attached to an aromatic ring is 1. The van der Waals surface area contributed by atoms with E-state index in [2.05, 4.69) is 4.98 Å². The van der Waals surface area contributed by atoms with Crippen LogP contribution in [0.5, 0.6) is 0 Å². The van der Waals surface area contributed by atoms with Crippen molar-refractivity contribution in [3.05, 3.63) is 58.1 Å². The van der Waals surface area contributed by atoms with Crippen LogP contribution in [0.3, 0.4) is 0 Å². The van der Waals surface area contributed by atoms with Crippen LogP contribution in [-0.4, -0.2) is 17.0 Å². The second kappa shape index (κ2) is 5.34. The zero-order valence-corrected chi connectivity index (χ0v) is 10.5. The zero-order valence-electron chi connectivity index (χ0n) is 10.5. The average Bonchev–Trinajstić information content (AvgIpc) is 2.39. The SMILES string of the molecule is CN(Cc1ccccc1)c1cc([N+](=O)[O-])cc(N)n1. The molecule has 0 aliphatic heterocycles. The molecule has 2 aromatic rings. The Morgan fingerprint density at radius 3 is 2.63 bits per heavy atom. The molecular weight excluding hydrogens is 244 g/mol. The molecule has 0 aliphatic rings. The number of aromatic nitrogens is 1. The second-order valence-electron chi connectivity index (χ2n) is 4.21. The van der Waals surface area contributed by atoms with Gasteiger partial charge in [-0.15, -0.1) is 0 Å². The van der Waals surface area contributed by atoms with Gasteiger partial charge in [0.05, 0.1) is 17.1 Å². The van der Waals surface area contributed by atoms with E-state index in [0.717, 1.165) is 5.56 Å². The van der Waals surface area contributed by atoms with Crippen LogP contribution in [0.2, 0.25) is 0 Å². The molecule has 0 atom stereocenters. The largest absolute Gasteiger partial charge is 0.383 e. The summed E-state index contributed by atoms with van der Waals surface area (Å²) < 4.78 is 0. The van der Waals surface area contributed by atoms with Gasteiger partial charge in [-0.1, -0.05) is 30.3 Å². The first-order valence-corrected chi connectivity index (χ1v) is 5.73. The van der Waals surface area contributed by atoms with E-state index >= 15 is 0 Å². The molecule has 0 bridgehead atoms. The van der Waals surface area contributed by atoms with Crippen LogP contribution in [0.25, 0.3) is 0 Å². The molecule has 2 rings (SSSR count). The fourth-order valence-electron chi connectivity index (χ4n) is 1.76. The fraction of sp³-hybridized carbons (Fsp3) is 0.154. The van der Waals surface area contributed by atoms with Gasteiger partial charge in [-0.05, 0) is 5.56 Å². The Kier molecular flexibility index (Phi) is 3.61. The average molecular weight is 258 g/mol. The van der Waals surface area contributed by atoms with Gasteiger partial charge >= 0.3 is 0 Å². The van der Waals surface area contributed by atoms with Crippen LogP contribution in [0.15, 0.2) is 42.5 Å². The van der Waals surface area contributed by atoms with Crippen LogP contribution < -0.4 is 10.6 Å². The molecule has 0 amide bonds. The summed E-state index contributed by atoms with van der Waals surface area (Å²) in [4.78, 5) is 16.2. The highest BCUT2D eigenvalue weighted by atomic mass is 16.6. The van der Waals surface area contributed by atoms with E-state index in [1.165, 1.54) is 12.1 Å². The summed E-state index contributed by atoms with van der Waals surface area (Å²) in [5.74, 6) is 0.625. The monoisotopic (exact) mass is 258 g/mol. The van der Waals surface area contributed by atoms with E-state index in [1.54, 1.807) is 0 Å². The third kappa shape index (κ3) is 3.19. The van der Waals surface area contributed by atoms with Crippen LogP contribution in [0, 0.1) is 10.1 Å². The number of nitrogens with zero attached hydrogens (tertiary/aromatic N) is 3. The molecule has 0 unspecified atom stereocenters. The zero-order chi connectivity index (χ0) is 13.8. The number of benzene rings is 1. The lowest BCUT2D eigenvalue weighted by Gasteiger charge is -2.18. The second-order valence-corrected chi connectivity index (χ2v) is 4.21. The van der Waals surface area contributed by atoms with E-state index in [4.69, 9.17) is 5.73 Å². The predicted octanol–water partition coefficient (Wildman–Crippen LogP) is 2.21. The molecular formula is C13H14N4O2. The van der Waals surface area contributed by atoms with Crippen molar-refractivity contribution in [2.45, 2.75) is 6.54 Å². The normalized spacial score (nSPS) is 10.2. The van der Waals surface area contributed by atoms with E-state index < -0.39 is 4.92 Å². The van der Waals surface area contributed by atoms with E-state index in [-0.39, 0.29) is 11.5 Å². The van der Waals surface area contributed by atoms with Gasteiger partial charge in [0.1, 0.15) is 11.6 Å². The van der Waals surface area contributed by atoms with Crippen molar-refractivity contribution in [3.63, 3.8) is 0 Å². The summed E-state index contributed by atoms with van der Waals surface area (Å²) in [5, 5.41) is 10.8. The molecule has 1 heterocycles. The van der Waals surface area contributed by atoms with E-state index in [1.807, 2.05) is 42.3 Å². The maximum absolute atomic E-state index is 10.8. The van der Waals surface area contributed by atoms with Gasteiger partial charge in [-0.25, -0.2) is 4.98 Å². The lowest BCUT2D eigenvalue weighted by Crippen LogP contribution is -2.18. The maximum atomic E-state index is 10.8. The molecule has 2 N–H and O–H groups in total. The first kappa shape index (κ1) is 12.8. The third-order valence-corrected chi connectivity index (χ3v) is 2.68. The Morgan fingerprint density at radius 1 is 1.32 bits per heavy atom. The number of nitro groups is 1. The summed E-state index contributed by atoms with van der Waals surface area (Å²) >= 11 is 0. The van der Waals surface area contributed by atoms with E-state index in [9.17, 15) is 10.1 Å². The molecule has 0 aliphatic carbocycles. The Bertz CT molecular complexity index is 586. The first-order chi connectivity index (χ1) is 9.06. The number of rotatable bonds is 4. The highest BCUT2D eigenvalue weighted by Crippen LogP contribution is 2.22. The molecule has 98 valence electrons. The predicted molar refractivity (Wildman–Crippen MR) is 73.9 cm³/mol. The van der Waals surface area contributed by atoms with Crippen LogP contribution in [0.4, 0.5) is 17.3 Å². The van der Waals surface area contributed by atoms with E-state index in [0.29, 0.717) is 12.4 Å². The molecule has 0 fully saturated rings. The highest BCUT2D eigenvalue weighted by Gasteiger charge is 2.12. The molecule has 0 radical (unpaired) electrons. The Morgan fingerprint density at radius 2 is 2.00 bits per heavy atom. The summed E-state index contributed by atoms with van der Waals surface area (Å²) in [7, 11) is 1.82. The number of pyridine rings is 1. The van der Waals surface area contributed by atoms with Crippen molar-refractivity contribution in [1.82, 2.24) is 4.98 Å². The van der Waals surface area contributed by atoms with Crippen LogP contribution >= 0.6 is 0 Å². The minimum atomic E-state index is -0.474. The van der Waals surface area contributed by atoms with Gasteiger partial charge in [0.25, 0.3) is 5.69 Å². The lowest BCUT2D eigenvalue weighted by molar-refractivity contribution is -0.384. The van der Waals surface area contributed by atoms with Gasteiger partial charge in [0.15, 0.2) is 0 Å². The van der Waals surface area contributed by atoms with Crippen molar-refractivity contribution < 1.29 is 4.92 Å². The maximum Gasteiger partial charge on any atom is 0.276 e. The molecule has 1 aromatic carbocycles. The number of anilines is 2. The lowest BCUT2D eigenvalue weighted by atomic mass is 10.2. The molecule has 1 aromatic heterocycles. The Labute approximate surface area is 110 Å². The quantitative estimate of drug-likeness (QED) is 0.671. The molecule has 0 spiro atoms. The van der Waals surface area contributed by atoms with Gasteiger partial charge in [0, 0.05) is 13.6 Å². The summed E-state index contributed by atoms with van der Waals surface area (Å²) in [6.45, 7) is 0.606. The van der Waals surface area contributed by atoms with Crippen molar-refractivity contribution >= 4 is 17.3 Å². The smallest absolute Gasteiger partial charge is 0.276 e. The van der Waals surface area contributed by atoms with Crippen molar-refractivity contribution in [3.8, 4) is 0 Å².